The van der Waals surface area contributed by atoms with Crippen LogP contribution in [0.4, 0.5) is 0 Å². The molecule has 1 heterocycles. The Morgan fingerprint density at radius 3 is 2.29 bits per heavy atom. The van der Waals surface area contributed by atoms with Gasteiger partial charge >= 0.3 is 0 Å². The van der Waals surface area contributed by atoms with Crippen molar-refractivity contribution in [3.05, 3.63) is 54.1 Å². The number of benzene rings is 2. The van der Waals surface area contributed by atoms with Crippen molar-refractivity contribution in [3.8, 4) is 11.5 Å². The minimum Gasteiger partial charge on any atom is -0.457 e. The normalized spacial score (nSPS) is 17.4. The highest BCUT2D eigenvalue weighted by molar-refractivity contribution is 7.89. The van der Waals surface area contributed by atoms with Crippen molar-refractivity contribution in [2.45, 2.75) is 17.9 Å². The largest absolute Gasteiger partial charge is 0.457 e. The molecular formula is C18H22ClN3O5S. The first kappa shape index (κ1) is 22.1. The van der Waals surface area contributed by atoms with Crippen molar-refractivity contribution in [3.63, 3.8) is 0 Å². The molecule has 3 rings (SSSR count). The number of hydroxylamine groups is 1. The zero-order valence-electron chi connectivity index (χ0n) is 15.2. The monoisotopic (exact) mass is 427 g/mol. The van der Waals surface area contributed by atoms with Crippen LogP contribution in [-0.4, -0.2) is 49.5 Å². The van der Waals surface area contributed by atoms with Gasteiger partial charge in [-0.1, -0.05) is 17.7 Å². The molecule has 0 aliphatic carbocycles. The smallest absolute Gasteiger partial charge is 0.263 e. The van der Waals surface area contributed by atoms with Gasteiger partial charge in [-0.15, -0.1) is 12.4 Å². The van der Waals surface area contributed by atoms with E-state index >= 15 is 0 Å². The summed E-state index contributed by atoms with van der Waals surface area (Å²) in [5.41, 5.74) is 2.64. The van der Waals surface area contributed by atoms with Crippen molar-refractivity contribution in [1.82, 2.24) is 15.1 Å². The number of carbonyl (C=O) groups is 1. The van der Waals surface area contributed by atoms with Gasteiger partial charge in [-0.05, 0) is 43.3 Å². The van der Waals surface area contributed by atoms with Gasteiger partial charge in [0.2, 0.25) is 10.0 Å². The van der Waals surface area contributed by atoms with Gasteiger partial charge in [0.1, 0.15) is 17.5 Å². The SMILES string of the molecule is Cc1ccc(Oc2ccc(S(=O)(=O)N3CCNC[C@@H]3C(=O)NO)cc2)cc1.Cl. The molecule has 1 aliphatic heterocycles. The number of nitrogens with zero attached hydrogens (tertiary/aromatic N) is 1. The van der Waals surface area contributed by atoms with Crippen molar-refractivity contribution in [2.75, 3.05) is 19.6 Å². The molecule has 3 N–H and O–H groups in total. The maximum atomic E-state index is 12.9. The summed E-state index contributed by atoms with van der Waals surface area (Å²) in [5, 5.41) is 11.8. The molecule has 10 heteroatoms. The number of aryl methyl sites for hydroxylation is 1. The molecule has 152 valence electrons. The number of hydrogen-bond acceptors (Lipinski definition) is 6. The number of ether oxygens (including phenoxy) is 1. The second-order valence-corrected chi connectivity index (χ2v) is 8.09. The van der Waals surface area contributed by atoms with E-state index in [9.17, 15) is 13.2 Å². The number of rotatable bonds is 5. The summed E-state index contributed by atoms with van der Waals surface area (Å²) in [4.78, 5) is 11.9. The molecule has 0 saturated carbocycles. The highest BCUT2D eigenvalue weighted by atomic mass is 35.5. The van der Waals surface area contributed by atoms with Crippen LogP contribution in [-0.2, 0) is 14.8 Å². The fourth-order valence-corrected chi connectivity index (χ4v) is 4.42. The molecule has 0 radical (unpaired) electrons. The molecular weight excluding hydrogens is 406 g/mol. The zero-order valence-corrected chi connectivity index (χ0v) is 16.8. The van der Waals surface area contributed by atoms with Crippen LogP contribution in [0.15, 0.2) is 53.4 Å². The van der Waals surface area contributed by atoms with Gasteiger partial charge in [0.25, 0.3) is 5.91 Å². The van der Waals surface area contributed by atoms with E-state index in [2.05, 4.69) is 5.32 Å². The van der Waals surface area contributed by atoms with E-state index in [4.69, 9.17) is 9.94 Å². The zero-order chi connectivity index (χ0) is 19.4. The Bertz CT molecular complexity index is 904. The summed E-state index contributed by atoms with van der Waals surface area (Å²) >= 11 is 0. The van der Waals surface area contributed by atoms with Crippen LogP contribution >= 0.6 is 12.4 Å². The topological polar surface area (TPSA) is 108 Å². The number of carbonyl (C=O) groups excluding carboxylic acids is 1. The van der Waals surface area contributed by atoms with Gasteiger partial charge in [0.15, 0.2) is 0 Å². The number of nitrogens with one attached hydrogen (secondary N) is 2. The van der Waals surface area contributed by atoms with Gasteiger partial charge in [0, 0.05) is 19.6 Å². The van der Waals surface area contributed by atoms with Crippen molar-refractivity contribution < 1.29 is 23.2 Å². The number of amides is 1. The van der Waals surface area contributed by atoms with Gasteiger partial charge in [0.05, 0.1) is 4.90 Å². The minimum atomic E-state index is -3.90. The average molecular weight is 428 g/mol. The second-order valence-electron chi connectivity index (χ2n) is 6.20. The van der Waals surface area contributed by atoms with Crippen molar-refractivity contribution in [2.24, 2.45) is 0 Å². The summed E-state index contributed by atoms with van der Waals surface area (Å²) < 4.78 is 32.6. The van der Waals surface area contributed by atoms with Crippen LogP contribution in [0.25, 0.3) is 0 Å². The fraction of sp³-hybridized carbons (Fsp3) is 0.278. The minimum absolute atomic E-state index is 0. The number of sulfonamides is 1. The lowest BCUT2D eigenvalue weighted by molar-refractivity contribution is -0.133. The fourth-order valence-electron chi connectivity index (χ4n) is 2.83. The van der Waals surface area contributed by atoms with E-state index in [1.807, 2.05) is 31.2 Å². The highest BCUT2D eigenvalue weighted by Gasteiger charge is 2.37. The maximum Gasteiger partial charge on any atom is 0.263 e. The Balaban J connectivity index is 0.00000280. The van der Waals surface area contributed by atoms with Crippen molar-refractivity contribution in [1.29, 1.82) is 0 Å². The Hall–Kier alpha value is -2.17. The number of halogens is 1. The van der Waals surface area contributed by atoms with E-state index in [-0.39, 0.29) is 30.4 Å². The first-order valence-electron chi connectivity index (χ1n) is 8.43. The molecule has 0 unspecified atom stereocenters. The third-order valence-corrected chi connectivity index (χ3v) is 6.22. The summed E-state index contributed by atoms with van der Waals surface area (Å²) in [7, 11) is -3.90. The Labute approximate surface area is 169 Å². The van der Waals surface area contributed by atoms with Crippen molar-refractivity contribution >= 4 is 28.3 Å². The molecule has 0 aromatic heterocycles. The van der Waals surface area contributed by atoms with Crippen LogP contribution in [0, 0.1) is 6.92 Å². The Morgan fingerprint density at radius 2 is 1.71 bits per heavy atom. The molecule has 0 bridgehead atoms. The van der Waals surface area contributed by atoms with Crippen LogP contribution < -0.4 is 15.5 Å². The van der Waals surface area contributed by atoms with Crippen LogP contribution in [0.2, 0.25) is 0 Å². The van der Waals surface area contributed by atoms with Crippen LogP contribution in [0.5, 0.6) is 11.5 Å². The van der Waals surface area contributed by atoms with Gasteiger partial charge in [-0.2, -0.15) is 4.31 Å². The molecule has 1 fully saturated rings. The van der Waals surface area contributed by atoms with E-state index in [0.717, 1.165) is 9.87 Å². The molecule has 2 aromatic rings. The molecule has 8 nitrogen and oxygen atoms in total. The molecule has 1 saturated heterocycles. The molecule has 1 amide bonds. The first-order chi connectivity index (χ1) is 12.9. The Morgan fingerprint density at radius 1 is 1.14 bits per heavy atom. The number of piperazine rings is 1. The lowest BCUT2D eigenvalue weighted by Crippen LogP contribution is -2.59. The summed E-state index contributed by atoms with van der Waals surface area (Å²) in [6, 6.07) is 12.5. The van der Waals surface area contributed by atoms with E-state index in [1.54, 1.807) is 12.1 Å². The Kier molecular flexibility index (Phi) is 7.39. The molecule has 1 atom stereocenters. The quantitative estimate of drug-likeness (QED) is 0.495. The predicted molar refractivity (Wildman–Crippen MR) is 105 cm³/mol. The molecule has 2 aromatic carbocycles. The molecule has 0 spiro atoms. The van der Waals surface area contributed by atoms with E-state index in [1.165, 1.54) is 17.6 Å². The second kappa shape index (κ2) is 9.35. The van der Waals surface area contributed by atoms with Crippen LogP contribution in [0.1, 0.15) is 5.56 Å². The average Bonchev–Trinajstić information content (AvgIpc) is 2.69. The molecule has 1 aliphatic rings. The highest BCUT2D eigenvalue weighted by Crippen LogP contribution is 2.25. The summed E-state index contributed by atoms with van der Waals surface area (Å²) in [6.45, 7) is 2.65. The lowest BCUT2D eigenvalue weighted by atomic mass is 10.2. The third kappa shape index (κ3) is 4.81. The summed E-state index contributed by atoms with van der Waals surface area (Å²) in [5.74, 6) is 0.380. The predicted octanol–water partition coefficient (Wildman–Crippen LogP) is 1.68. The third-order valence-electron chi connectivity index (χ3n) is 4.29. The van der Waals surface area contributed by atoms with Crippen LogP contribution in [0.3, 0.4) is 0 Å². The van der Waals surface area contributed by atoms with E-state index in [0.29, 0.717) is 18.0 Å². The molecule has 28 heavy (non-hydrogen) atoms. The standard InChI is InChI=1S/C18H21N3O5S.ClH/c1-13-2-4-14(5-3-13)26-15-6-8-16(9-7-15)27(24,25)21-11-10-19-12-17(21)18(22)20-23;/h2-9,17,19,23H,10-12H2,1H3,(H,20,22);1H/t17-;/m1./s1. The first-order valence-corrected chi connectivity index (χ1v) is 9.87. The number of hydrogen-bond donors (Lipinski definition) is 3. The maximum absolute atomic E-state index is 12.9. The summed E-state index contributed by atoms with van der Waals surface area (Å²) in [6.07, 6.45) is 0. The van der Waals surface area contributed by atoms with Gasteiger partial charge < -0.3 is 10.1 Å². The van der Waals surface area contributed by atoms with Gasteiger partial charge in [-0.3, -0.25) is 10.0 Å². The van der Waals surface area contributed by atoms with E-state index < -0.39 is 22.0 Å². The lowest BCUT2D eigenvalue weighted by Gasteiger charge is -2.33. The van der Waals surface area contributed by atoms with Gasteiger partial charge in [-0.25, -0.2) is 13.9 Å².